The molecule has 0 aliphatic heterocycles. The van der Waals surface area contributed by atoms with Crippen molar-refractivity contribution in [2.24, 2.45) is 0 Å². The van der Waals surface area contributed by atoms with Gasteiger partial charge in [0.05, 0.1) is 25.1 Å². The minimum Gasteiger partial charge on any atom is -0.497 e. The van der Waals surface area contributed by atoms with E-state index in [1.165, 1.54) is 50.4 Å². The number of para-hydroxylation sites is 2. The maximum absolute atomic E-state index is 9.30. The minimum atomic E-state index is 0.0612. The number of aliphatic hydroxyl groups excluding tert-OH is 1. The Morgan fingerprint density at radius 2 is 0.786 bits per heavy atom. The number of hydrogen-bond donors (Lipinski definition) is 1. The first-order valence-electron chi connectivity index (χ1n) is 24.3. The summed E-state index contributed by atoms with van der Waals surface area (Å²) in [6.45, 7) is 13.1. The lowest BCUT2D eigenvalue weighted by Gasteiger charge is -2.29. The van der Waals surface area contributed by atoms with Crippen LogP contribution >= 0.6 is 0 Å². The lowest BCUT2D eigenvalue weighted by atomic mass is 10.0. The normalized spacial score (nSPS) is 11.4. The van der Waals surface area contributed by atoms with Gasteiger partial charge in [0, 0.05) is 22.7 Å². The van der Waals surface area contributed by atoms with Gasteiger partial charge in [0.25, 0.3) is 0 Å². The largest absolute Gasteiger partial charge is 0.497 e. The molecule has 8 aromatic carbocycles. The van der Waals surface area contributed by atoms with Gasteiger partial charge in [-0.25, -0.2) is 0 Å². The maximum Gasteiger partial charge on any atom is 0.119 e. The lowest BCUT2D eigenvalue weighted by molar-refractivity contribution is 0.282. The molecule has 0 unspecified atom stereocenters. The monoisotopic (exact) mass is 919 g/mol. The highest BCUT2D eigenvalue weighted by molar-refractivity contribution is 5.82. The summed E-state index contributed by atoms with van der Waals surface area (Å²) in [6, 6.07) is 64.1. The van der Waals surface area contributed by atoms with Crippen LogP contribution in [-0.4, -0.2) is 12.2 Å². The zero-order valence-corrected chi connectivity index (χ0v) is 41.8. The van der Waals surface area contributed by atoms with Gasteiger partial charge in [-0.3, -0.25) is 0 Å². The molecule has 0 amide bonds. The Morgan fingerprint density at radius 1 is 0.414 bits per heavy atom. The highest BCUT2D eigenvalue weighted by Gasteiger charge is 2.19. The van der Waals surface area contributed by atoms with Crippen LogP contribution in [0.4, 0.5) is 34.1 Å². The van der Waals surface area contributed by atoms with Crippen molar-refractivity contribution in [2.45, 2.75) is 61.0 Å². The molecule has 0 fully saturated rings. The molecule has 0 spiro atoms. The lowest BCUT2D eigenvalue weighted by Crippen LogP contribution is -2.13. The number of allylic oxidation sites excluding steroid dienone is 4. The van der Waals surface area contributed by atoms with Gasteiger partial charge in [0.15, 0.2) is 0 Å². The second-order valence-corrected chi connectivity index (χ2v) is 17.5. The molecule has 352 valence electrons. The van der Waals surface area contributed by atoms with Gasteiger partial charge < -0.3 is 19.6 Å². The van der Waals surface area contributed by atoms with Crippen LogP contribution in [-0.2, 0) is 19.4 Å². The Morgan fingerprint density at radius 3 is 1.19 bits per heavy atom. The van der Waals surface area contributed by atoms with E-state index in [1.807, 2.05) is 54.6 Å². The van der Waals surface area contributed by atoms with Gasteiger partial charge in [-0.05, 0) is 157 Å². The average Bonchev–Trinajstić information content (AvgIpc) is 3.39. The van der Waals surface area contributed by atoms with E-state index in [0.717, 1.165) is 63.5 Å². The number of ether oxygens (including phenoxy) is 1. The Hall–Kier alpha value is -7.92. The summed E-state index contributed by atoms with van der Waals surface area (Å²) in [4.78, 5) is 4.75. The highest BCUT2D eigenvalue weighted by atomic mass is 16.5. The Labute approximate surface area is 417 Å². The average molecular weight is 919 g/mol. The number of rotatable bonds is 16. The van der Waals surface area contributed by atoms with Crippen molar-refractivity contribution < 1.29 is 9.84 Å². The Bertz CT molecular complexity index is 2840. The summed E-state index contributed by atoms with van der Waals surface area (Å²) in [5.41, 5.74) is 20.3. The molecule has 4 heteroatoms. The van der Waals surface area contributed by atoms with Crippen LogP contribution in [0, 0.1) is 27.7 Å². The smallest absolute Gasteiger partial charge is 0.119 e. The van der Waals surface area contributed by atoms with E-state index in [2.05, 4.69) is 227 Å². The minimum absolute atomic E-state index is 0.0612. The van der Waals surface area contributed by atoms with E-state index in [9.17, 15) is 5.11 Å². The number of aliphatic hydroxyl groups is 1. The van der Waals surface area contributed by atoms with E-state index in [0.29, 0.717) is 0 Å². The number of methoxy groups -OCH3 is 1. The number of hydrogen-bond acceptors (Lipinski definition) is 4. The van der Waals surface area contributed by atoms with Crippen LogP contribution in [0.5, 0.6) is 5.75 Å². The summed E-state index contributed by atoms with van der Waals surface area (Å²) >= 11 is 0. The molecule has 0 aliphatic rings. The molecule has 0 aliphatic carbocycles. The van der Waals surface area contributed by atoms with Crippen LogP contribution in [0.15, 0.2) is 206 Å². The van der Waals surface area contributed by atoms with Crippen molar-refractivity contribution in [2.75, 3.05) is 16.9 Å². The SMILES string of the molecule is CCc1cccc(C)c1N(c1ccc(C)cc1)c1ccc(/C=C/C=C/c2cccc(CO)c2)cc1.CCc1cccc(C)c1N(c1ccc(C)cc1)c1ccc(/C=C/C=C/c2cccc(OC)c2)cc1. The summed E-state index contributed by atoms with van der Waals surface area (Å²) in [5.74, 6) is 0.865. The van der Waals surface area contributed by atoms with Gasteiger partial charge in [-0.2, -0.15) is 0 Å². The first-order valence-corrected chi connectivity index (χ1v) is 24.3. The second-order valence-electron chi connectivity index (χ2n) is 17.5. The zero-order valence-electron chi connectivity index (χ0n) is 41.8. The zero-order chi connectivity index (χ0) is 49.2. The van der Waals surface area contributed by atoms with Gasteiger partial charge in [-0.1, -0.05) is 189 Å². The topological polar surface area (TPSA) is 35.9 Å². The van der Waals surface area contributed by atoms with Gasteiger partial charge in [0.1, 0.15) is 5.75 Å². The van der Waals surface area contributed by atoms with Crippen LogP contribution < -0.4 is 14.5 Å². The molecule has 0 bridgehead atoms. The molecule has 8 rings (SSSR count). The summed E-state index contributed by atoms with van der Waals surface area (Å²) in [5, 5.41) is 9.30. The molecule has 0 radical (unpaired) electrons. The van der Waals surface area contributed by atoms with Crippen molar-refractivity contribution in [3.63, 3.8) is 0 Å². The molecule has 70 heavy (non-hydrogen) atoms. The van der Waals surface area contributed by atoms with E-state index < -0.39 is 0 Å². The molecule has 4 nitrogen and oxygen atoms in total. The van der Waals surface area contributed by atoms with E-state index in [4.69, 9.17) is 4.74 Å². The second kappa shape index (κ2) is 24.9. The van der Waals surface area contributed by atoms with Crippen molar-refractivity contribution >= 4 is 58.4 Å². The molecular formula is C66H66N2O2. The van der Waals surface area contributed by atoms with Crippen LogP contribution in [0.1, 0.15) is 75.0 Å². The number of aryl methyl sites for hydroxylation is 6. The summed E-state index contributed by atoms with van der Waals surface area (Å²) < 4.78 is 5.30. The molecule has 0 aromatic heterocycles. The third-order valence-electron chi connectivity index (χ3n) is 12.3. The van der Waals surface area contributed by atoms with Gasteiger partial charge >= 0.3 is 0 Å². The number of nitrogens with zero attached hydrogens (tertiary/aromatic N) is 2. The van der Waals surface area contributed by atoms with Gasteiger partial charge in [-0.15, -0.1) is 0 Å². The fourth-order valence-electron chi connectivity index (χ4n) is 8.53. The Balaban J connectivity index is 0.000000206. The third kappa shape index (κ3) is 13.2. The fraction of sp³-hybridized carbons (Fsp3) is 0.152. The molecule has 8 aromatic rings. The molecule has 1 N–H and O–H groups in total. The number of anilines is 6. The van der Waals surface area contributed by atoms with E-state index in [-0.39, 0.29) is 6.61 Å². The predicted octanol–water partition coefficient (Wildman–Crippen LogP) is 17.6. The maximum atomic E-state index is 9.30. The van der Waals surface area contributed by atoms with Crippen LogP contribution in [0.2, 0.25) is 0 Å². The standard InChI is InChI=1S/2C33H33NO/c1-5-29-14-8-10-26(3)33(29)34(30-20-16-25(2)17-21-30)31-22-18-27(19-23-31)11-6-7-12-28-13-9-15-32(24-28)35-4;1-4-30-14-7-9-26(3)33(30)34(31-19-15-25(2)16-20-31)32-21-17-27(18-22-32)10-5-6-11-28-12-8-13-29(23-28)24-35/h6-24H,5H2,1-4H3;5-23,35H,4,24H2,1-3H3/b11-6+,12-7+;10-5+,11-6+. The molecular weight excluding hydrogens is 853 g/mol. The van der Waals surface area contributed by atoms with Gasteiger partial charge in [0.2, 0.25) is 0 Å². The highest BCUT2D eigenvalue weighted by Crippen LogP contribution is 2.41. The van der Waals surface area contributed by atoms with Crippen molar-refractivity contribution in [3.05, 3.63) is 267 Å². The first-order chi connectivity index (χ1) is 34.2. The summed E-state index contributed by atoms with van der Waals surface area (Å²) in [6.07, 6.45) is 18.5. The Kier molecular flexibility index (Phi) is 17.8. The fourth-order valence-corrected chi connectivity index (χ4v) is 8.53. The summed E-state index contributed by atoms with van der Waals surface area (Å²) in [7, 11) is 1.69. The third-order valence-corrected chi connectivity index (χ3v) is 12.3. The van der Waals surface area contributed by atoms with Crippen molar-refractivity contribution in [1.82, 2.24) is 0 Å². The predicted molar refractivity (Wildman–Crippen MR) is 301 cm³/mol. The number of benzene rings is 8. The molecule has 0 saturated carbocycles. The van der Waals surface area contributed by atoms with Crippen molar-refractivity contribution in [1.29, 1.82) is 0 Å². The van der Waals surface area contributed by atoms with Crippen LogP contribution in [0.3, 0.4) is 0 Å². The molecule has 0 saturated heterocycles. The quantitative estimate of drug-likeness (QED) is 0.0980. The first kappa shape index (κ1) is 50.0. The van der Waals surface area contributed by atoms with Crippen LogP contribution in [0.25, 0.3) is 24.3 Å². The van der Waals surface area contributed by atoms with E-state index in [1.54, 1.807) is 7.11 Å². The molecule has 0 atom stereocenters. The molecule has 0 heterocycles. The van der Waals surface area contributed by atoms with Crippen molar-refractivity contribution in [3.8, 4) is 5.75 Å². The van der Waals surface area contributed by atoms with E-state index >= 15 is 0 Å².